The van der Waals surface area contributed by atoms with Crippen molar-refractivity contribution < 1.29 is 28.0 Å². The van der Waals surface area contributed by atoms with Crippen molar-refractivity contribution in [3.63, 3.8) is 0 Å². The molecule has 0 aromatic rings. The van der Waals surface area contributed by atoms with E-state index >= 15 is 0 Å². The first-order chi connectivity index (χ1) is 16.8. The number of hydrogen-bond acceptors (Lipinski definition) is 5. The van der Waals surface area contributed by atoms with Gasteiger partial charge in [-0.05, 0) is 32.1 Å². The molecule has 0 radical (unpaired) electrons. The zero-order chi connectivity index (χ0) is 26.1. The number of ether oxygens (including phenoxy) is 2. The molecular weight excluding hydrogens is 526 g/mol. The van der Waals surface area contributed by atoms with E-state index in [9.17, 15) is 9.46 Å². The fraction of sp³-hybridized carbons (Fsp3) is 0.926. The molecule has 1 atom stereocenters. The zero-order valence-corrected chi connectivity index (χ0v) is 26.2. The molecule has 0 bridgehead atoms. The molecule has 0 aromatic heterocycles. The van der Waals surface area contributed by atoms with Gasteiger partial charge in [0.05, 0.1) is 0 Å². The van der Waals surface area contributed by atoms with E-state index in [1.165, 1.54) is 83.5 Å². The van der Waals surface area contributed by atoms with E-state index in [0.29, 0.717) is 13.2 Å². The van der Waals surface area contributed by atoms with Crippen molar-refractivity contribution in [2.45, 2.75) is 119 Å². The van der Waals surface area contributed by atoms with Crippen molar-refractivity contribution >= 4 is 21.4 Å². The van der Waals surface area contributed by atoms with Gasteiger partial charge in [-0.25, -0.2) is 0 Å². The van der Waals surface area contributed by atoms with Gasteiger partial charge in [0.25, 0.3) is 0 Å². The topological polar surface area (TPSA) is 74.2 Å². The van der Waals surface area contributed by atoms with Crippen LogP contribution in [-0.4, -0.2) is 58.1 Å². The summed E-state index contributed by atoms with van der Waals surface area (Å²) < 4.78 is 32.7. The Kier molecular flexibility index (Phi) is 24.9. The van der Waals surface area contributed by atoms with Gasteiger partial charge in [-0.3, -0.25) is 0 Å². The van der Waals surface area contributed by atoms with Gasteiger partial charge < -0.3 is 0 Å². The first-order valence-corrected chi connectivity index (χ1v) is 22.4. The summed E-state index contributed by atoms with van der Waals surface area (Å²) in [6.07, 6.45) is 23.0. The molecule has 0 rings (SSSR count). The van der Waals surface area contributed by atoms with E-state index in [-0.39, 0.29) is 19.8 Å². The van der Waals surface area contributed by atoms with Crippen LogP contribution in [0.2, 0.25) is 22.3 Å². The quantitative estimate of drug-likeness (QED) is 0.0452. The maximum absolute atomic E-state index is 11.8. The molecule has 0 saturated carbocycles. The Hall–Kier alpha value is 0.328. The monoisotopic (exact) mass is 583 g/mol. The Labute approximate surface area is 220 Å². The molecule has 0 aliphatic carbocycles. The van der Waals surface area contributed by atoms with E-state index in [1.54, 1.807) is 0 Å². The SMILES string of the molecule is CCCCCCCC/C=C\CCCCCCCCOCCOCCOP(=O)(O)OCC[As+](C)(C)C. The Bertz CT molecular complexity index is 524. The van der Waals surface area contributed by atoms with Crippen LogP contribution in [0.5, 0.6) is 0 Å². The molecule has 1 unspecified atom stereocenters. The van der Waals surface area contributed by atoms with E-state index < -0.39 is 21.4 Å². The Morgan fingerprint density at radius 1 is 0.629 bits per heavy atom. The molecule has 0 spiro atoms. The summed E-state index contributed by atoms with van der Waals surface area (Å²) in [5.74, 6) is 0. The van der Waals surface area contributed by atoms with E-state index in [0.717, 1.165) is 18.2 Å². The molecule has 6 nitrogen and oxygen atoms in total. The number of unbranched alkanes of at least 4 members (excludes halogenated alkanes) is 12. The molecule has 0 saturated heterocycles. The summed E-state index contributed by atoms with van der Waals surface area (Å²) in [6.45, 7) is 4.60. The molecule has 210 valence electrons. The van der Waals surface area contributed by atoms with Crippen LogP contribution in [0.25, 0.3) is 0 Å². The fourth-order valence-corrected chi connectivity index (χ4v) is 5.81. The van der Waals surface area contributed by atoms with Gasteiger partial charge in [-0.1, -0.05) is 76.9 Å². The normalized spacial score (nSPS) is 14.1. The minimum atomic E-state index is -3.96. The van der Waals surface area contributed by atoms with Gasteiger partial charge in [0.2, 0.25) is 0 Å². The summed E-state index contributed by atoms with van der Waals surface area (Å²) in [7, 11) is -3.96. The van der Waals surface area contributed by atoms with Gasteiger partial charge >= 0.3 is 111 Å². The summed E-state index contributed by atoms with van der Waals surface area (Å²) in [4.78, 5) is 9.63. The molecule has 0 aliphatic heterocycles. The molecule has 35 heavy (non-hydrogen) atoms. The molecule has 0 aliphatic rings. The average molecular weight is 584 g/mol. The molecule has 0 heterocycles. The van der Waals surface area contributed by atoms with Gasteiger partial charge in [-0.2, -0.15) is 0 Å². The molecular formula is C27H57AsO6P+. The molecule has 0 amide bonds. The second kappa shape index (κ2) is 24.7. The molecule has 0 aromatic carbocycles. The third-order valence-corrected chi connectivity index (χ3v) is 9.89. The first-order valence-electron chi connectivity index (χ1n) is 14.0. The van der Waals surface area contributed by atoms with Crippen molar-refractivity contribution in [1.82, 2.24) is 0 Å². The predicted octanol–water partition coefficient (Wildman–Crippen LogP) is 8.53. The maximum atomic E-state index is 11.8. The fourth-order valence-electron chi connectivity index (χ4n) is 3.45. The van der Waals surface area contributed by atoms with Crippen molar-refractivity contribution in [2.24, 2.45) is 0 Å². The summed E-state index contributed by atoms with van der Waals surface area (Å²) in [5.41, 5.74) is 6.66. The number of rotatable bonds is 27. The van der Waals surface area contributed by atoms with Crippen molar-refractivity contribution in [1.29, 1.82) is 0 Å². The Morgan fingerprint density at radius 2 is 1.09 bits per heavy atom. The number of hydrogen-bond donors (Lipinski definition) is 1. The van der Waals surface area contributed by atoms with Crippen LogP contribution < -0.4 is 0 Å². The Morgan fingerprint density at radius 3 is 1.66 bits per heavy atom. The number of allylic oxidation sites excluding steroid dienone is 2. The predicted molar refractivity (Wildman–Crippen MR) is 151 cm³/mol. The van der Waals surface area contributed by atoms with E-state index in [2.05, 4.69) is 36.2 Å². The third kappa shape index (κ3) is 30.4. The standard InChI is InChI=1S/C27H56AsO6P/c1-5-6-7-8-9-10-11-12-13-14-15-16-17-18-19-20-22-31-24-25-32-26-27-34-35(29,30)33-23-21-28(2,3)4/h12-13H,5-11,14-27H2,1-4H3/p+1/b13-12-. The second-order valence-electron chi connectivity index (χ2n) is 10.3. The second-order valence-corrected chi connectivity index (χ2v) is 22.3. The van der Waals surface area contributed by atoms with Crippen LogP contribution >= 0.6 is 7.82 Å². The number of phosphoric ester groups is 1. The third-order valence-electron chi connectivity index (χ3n) is 5.67. The van der Waals surface area contributed by atoms with Gasteiger partial charge in [0, 0.05) is 0 Å². The van der Waals surface area contributed by atoms with E-state index in [4.69, 9.17) is 18.5 Å². The first kappa shape index (κ1) is 35.3. The van der Waals surface area contributed by atoms with Crippen LogP contribution in [0.15, 0.2) is 12.2 Å². The van der Waals surface area contributed by atoms with E-state index in [1.807, 2.05) is 0 Å². The van der Waals surface area contributed by atoms with Gasteiger partial charge in [0.1, 0.15) is 0 Å². The van der Waals surface area contributed by atoms with Crippen LogP contribution in [0.3, 0.4) is 0 Å². The number of phosphoric acid groups is 1. The van der Waals surface area contributed by atoms with Crippen LogP contribution in [0.1, 0.15) is 96.8 Å². The Balaban J connectivity index is 3.27. The summed E-state index contributed by atoms with van der Waals surface area (Å²) >= 11 is -1.61. The summed E-state index contributed by atoms with van der Waals surface area (Å²) in [6, 6.07) is 0. The molecule has 1 N–H and O–H groups in total. The van der Waals surface area contributed by atoms with Crippen LogP contribution in [0.4, 0.5) is 0 Å². The average Bonchev–Trinajstić information content (AvgIpc) is 2.78. The van der Waals surface area contributed by atoms with Crippen molar-refractivity contribution in [2.75, 3.05) is 39.6 Å². The van der Waals surface area contributed by atoms with Gasteiger partial charge in [0.15, 0.2) is 0 Å². The van der Waals surface area contributed by atoms with Crippen LogP contribution in [0, 0.1) is 0 Å². The summed E-state index contributed by atoms with van der Waals surface area (Å²) in [5, 5.41) is 0.858. The van der Waals surface area contributed by atoms with Gasteiger partial charge in [-0.15, -0.1) is 0 Å². The van der Waals surface area contributed by atoms with Crippen LogP contribution in [-0.2, 0) is 23.1 Å². The molecule has 8 heteroatoms. The van der Waals surface area contributed by atoms with Crippen molar-refractivity contribution in [3.05, 3.63) is 12.2 Å². The zero-order valence-electron chi connectivity index (χ0n) is 23.4. The molecule has 0 fully saturated rings. The van der Waals surface area contributed by atoms with Crippen molar-refractivity contribution in [3.8, 4) is 0 Å². The minimum absolute atomic E-state index is 0.0400.